The monoisotopic (exact) mass is 1240 g/mol. The minimum absolute atomic E-state index is 0.239. The lowest BCUT2D eigenvalue weighted by molar-refractivity contribution is 0.226. The highest BCUT2D eigenvalue weighted by Gasteiger charge is 2.54. The van der Waals surface area contributed by atoms with Crippen LogP contribution in [0.4, 0.5) is 0 Å². The Labute approximate surface area is 573 Å². The standard InChI is InChI=1S/C48H48.C48H42/c2*1-31-19-7-13-25-37(31)43-44(38-26-14-8-20-32(38)2)46(40-28-16-10-22-34(40)4)48(42-30-18-12-24-36(42)6)47(41-29-17-11-23-35(41)5)45(43)39-27-15-9-21-33(39)3/h7-30,43-48H,1-6H3;7-30H,1-6H3. The van der Waals surface area contributed by atoms with Crippen LogP contribution in [0.5, 0.6) is 0 Å². The molecule has 13 aromatic rings. The molecule has 1 saturated carbocycles. The van der Waals surface area contributed by atoms with E-state index in [1.165, 1.54) is 167 Å². The van der Waals surface area contributed by atoms with E-state index in [0.717, 1.165) is 0 Å². The van der Waals surface area contributed by atoms with Crippen LogP contribution in [0.15, 0.2) is 291 Å². The summed E-state index contributed by atoms with van der Waals surface area (Å²) < 4.78 is 0. The molecule has 1 aliphatic carbocycles. The molecule has 0 bridgehead atoms. The Morgan fingerprint density at radius 1 is 0.125 bits per heavy atom. The lowest BCUT2D eigenvalue weighted by atomic mass is 9.48. The van der Waals surface area contributed by atoms with E-state index in [1.807, 2.05) is 0 Å². The number of hydrogen-bond acceptors (Lipinski definition) is 0. The van der Waals surface area contributed by atoms with E-state index in [9.17, 15) is 0 Å². The summed E-state index contributed by atoms with van der Waals surface area (Å²) in [5.74, 6) is 1.43. The van der Waals surface area contributed by atoms with Crippen LogP contribution in [-0.4, -0.2) is 0 Å². The molecule has 0 saturated heterocycles. The first-order chi connectivity index (χ1) is 46.7. The molecule has 0 amide bonds. The molecule has 0 radical (unpaired) electrons. The Kier molecular flexibility index (Phi) is 18.9. The van der Waals surface area contributed by atoms with E-state index >= 15 is 0 Å². The van der Waals surface area contributed by atoms with Gasteiger partial charge in [0.15, 0.2) is 0 Å². The van der Waals surface area contributed by atoms with Gasteiger partial charge in [0.1, 0.15) is 0 Å². The highest BCUT2D eigenvalue weighted by Crippen LogP contribution is 2.69. The van der Waals surface area contributed by atoms with Crippen LogP contribution in [0.25, 0.3) is 66.8 Å². The van der Waals surface area contributed by atoms with E-state index in [-0.39, 0.29) is 35.5 Å². The third-order valence-corrected chi connectivity index (χ3v) is 21.6. The van der Waals surface area contributed by atoms with Crippen molar-refractivity contribution < 1.29 is 0 Å². The summed E-state index contributed by atoms with van der Waals surface area (Å²) in [5, 5.41) is 0. The molecule has 0 heterocycles. The molecule has 474 valence electrons. The van der Waals surface area contributed by atoms with Crippen LogP contribution in [0.1, 0.15) is 136 Å². The average Bonchev–Trinajstić information content (AvgIpc) is 0.715. The van der Waals surface area contributed by atoms with Crippen LogP contribution in [-0.2, 0) is 0 Å². The molecule has 1 aliphatic rings. The Balaban J connectivity index is 0.000000174. The molecule has 96 heavy (non-hydrogen) atoms. The Morgan fingerprint density at radius 3 is 0.344 bits per heavy atom. The van der Waals surface area contributed by atoms with Gasteiger partial charge < -0.3 is 0 Å². The van der Waals surface area contributed by atoms with Gasteiger partial charge in [-0.2, -0.15) is 0 Å². The Morgan fingerprint density at radius 2 is 0.229 bits per heavy atom. The summed E-state index contributed by atoms with van der Waals surface area (Å²) >= 11 is 0. The lowest BCUT2D eigenvalue weighted by Crippen LogP contribution is -2.41. The zero-order valence-corrected chi connectivity index (χ0v) is 58.2. The van der Waals surface area contributed by atoms with Gasteiger partial charge in [-0.25, -0.2) is 0 Å². The van der Waals surface area contributed by atoms with Crippen molar-refractivity contribution in [3.8, 4) is 66.8 Å². The topological polar surface area (TPSA) is 0 Å². The molecule has 0 atom stereocenters. The van der Waals surface area contributed by atoms with Gasteiger partial charge in [-0.15, -0.1) is 0 Å². The molecule has 0 nitrogen and oxygen atoms in total. The largest absolute Gasteiger partial charge is 0.0620 e. The second-order valence-electron chi connectivity index (χ2n) is 27.4. The van der Waals surface area contributed by atoms with Gasteiger partial charge in [0, 0.05) is 0 Å². The molecular weight excluding hydrogens is 1150 g/mol. The molecule has 0 aliphatic heterocycles. The van der Waals surface area contributed by atoms with Gasteiger partial charge in [-0.1, -0.05) is 291 Å². The normalized spacial score (nSPS) is 16.8. The smallest absolute Gasteiger partial charge is 0.000922 e. The number of benzene rings is 13. The van der Waals surface area contributed by atoms with Crippen molar-refractivity contribution in [2.75, 3.05) is 0 Å². The van der Waals surface area contributed by atoms with E-state index in [2.05, 4.69) is 374 Å². The Bertz CT molecular complexity index is 4130. The van der Waals surface area contributed by atoms with Gasteiger partial charge in [0.25, 0.3) is 0 Å². The predicted molar refractivity (Wildman–Crippen MR) is 411 cm³/mol. The zero-order chi connectivity index (χ0) is 66.7. The summed E-state index contributed by atoms with van der Waals surface area (Å²) in [5.41, 5.74) is 39.9. The van der Waals surface area contributed by atoms with Gasteiger partial charge in [-0.05, 0) is 285 Å². The third-order valence-electron chi connectivity index (χ3n) is 21.6. The highest BCUT2D eigenvalue weighted by molar-refractivity contribution is 6.16. The zero-order valence-electron chi connectivity index (χ0n) is 58.2. The molecule has 0 N–H and O–H groups in total. The minimum Gasteiger partial charge on any atom is -0.0620 e. The first-order valence-electron chi connectivity index (χ1n) is 34.7. The third kappa shape index (κ3) is 12.1. The van der Waals surface area contributed by atoms with Gasteiger partial charge in [-0.3, -0.25) is 0 Å². The van der Waals surface area contributed by atoms with E-state index < -0.39 is 0 Å². The minimum atomic E-state index is 0.239. The molecule has 0 aromatic heterocycles. The number of rotatable bonds is 12. The maximum Gasteiger partial charge on any atom is -0.000922 e. The van der Waals surface area contributed by atoms with Crippen molar-refractivity contribution in [2.45, 2.75) is 119 Å². The number of aryl methyl sites for hydroxylation is 12. The van der Waals surface area contributed by atoms with Crippen molar-refractivity contribution in [2.24, 2.45) is 0 Å². The second kappa shape index (κ2) is 28.1. The van der Waals surface area contributed by atoms with Crippen LogP contribution in [0.3, 0.4) is 0 Å². The van der Waals surface area contributed by atoms with Crippen molar-refractivity contribution >= 4 is 0 Å². The summed E-state index contributed by atoms with van der Waals surface area (Å²) in [6.45, 7) is 27.5. The maximum atomic E-state index is 2.44. The predicted octanol–water partition coefficient (Wildman–Crippen LogP) is 26.1. The summed E-state index contributed by atoms with van der Waals surface area (Å²) in [7, 11) is 0. The van der Waals surface area contributed by atoms with E-state index in [0.29, 0.717) is 0 Å². The van der Waals surface area contributed by atoms with E-state index in [1.54, 1.807) is 0 Å². The maximum absolute atomic E-state index is 2.44. The SMILES string of the molecule is Cc1ccccc1-c1c(-c2ccccc2C)c(-c2ccccc2C)c(-c2ccccc2C)c(-c2ccccc2C)c1-c1ccccc1C.Cc1ccccc1C1C(c2ccccc2C)C(c2ccccc2C)C(c2ccccc2C)C(c2ccccc2C)C1c1ccccc1C. The fraction of sp³-hybridized carbons (Fsp3) is 0.188. The number of hydrogen-bond donors (Lipinski definition) is 0. The fourth-order valence-electron chi connectivity index (χ4n) is 16.9. The molecule has 0 heteroatoms. The van der Waals surface area contributed by atoms with Crippen LogP contribution >= 0.6 is 0 Å². The fourth-order valence-corrected chi connectivity index (χ4v) is 16.9. The van der Waals surface area contributed by atoms with Crippen LogP contribution < -0.4 is 0 Å². The van der Waals surface area contributed by atoms with E-state index in [4.69, 9.17) is 0 Å². The highest BCUT2D eigenvalue weighted by atomic mass is 14.6. The van der Waals surface area contributed by atoms with Crippen molar-refractivity contribution in [1.82, 2.24) is 0 Å². The summed E-state index contributed by atoms with van der Waals surface area (Å²) in [6.07, 6.45) is 0. The van der Waals surface area contributed by atoms with Crippen molar-refractivity contribution in [3.63, 3.8) is 0 Å². The Hall–Kier alpha value is -10.1. The average molecular weight is 1240 g/mol. The van der Waals surface area contributed by atoms with Crippen LogP contribution in [0, 0.1) is 83.1 Å². The molecular formula is C96H90. The lowest BCUT2D eigenvalue weighted by Gasteiger charge is -2.55. The van der Waals surface area contributed by atoms with Crippen molar-refractivity contribution in [3.05, 3.63) is 391 Å². The first kappa shape index (κ1) is 64.6. The van der Waals surface area contributed by atoms with Crippen molar-refractivity contribution in [1.29, 1.82) is 0 Å². The molecule has 13 aromatic carbocycles. The van der Waals surface area contributed by atoms with Crippen LogP contribution in [0.2, 0.25) is 0 Å². The second-order valence-corrected chi connectivity index (χ2v) is 27.4. The molecule has 0 spiro atoms. The van der Waals surface area contributed by atoms with Gasteiger partial charge >= 0.3 is 0 Å². The quantitative estimate of drug-likeness (QED) is 0.114. The molecule has 0 unspecified atom stereocenters. The molecule has 1 fully saturated rings. The van der Waals surface area contributed by atoms with Gasteiger partial charge in [0.2, 0.25) is 0 Å². The summed E-state index contributed by atoms with van der Waals surface area (Å²) in [6, 6.07) is 109. The summed E-state index contributed by atoms with van der Waals surface area (Å²) in [4.78, 5) is 0. The first-order valence-corrected chi connectivity index (χ1v) is 34.7. The molecule has 14 rings (SSSR count). The van der Waals surface area contributed by atoms with Gasteiger partial charge in [0.05, 0.1) is 0 Å².